The molecule has 3 aromatic heterocycles. The number of thioether (sulfide) groups is 1. The molecule has 1 aromatic carbocycles. The van der Waals surface area contributed by atoms with Crippen molar-refractivity contribution >= 4 is 17.7 Å². The molecule has 0 bridgehead atoms. The quantitative estimate of drug-likeness (QED) is 0.339. The molecule has 3 heterocycles. The van der Waals surface area contributed by atoms with Gasteiger partial charge in [0.1, 0.15) is 11.5 Å². The Labute approximate surface area is 196 Å². The molecular formula is C24H27N5O3S. The molecule has 0 aliphatic carbocycles. The molecule has 33 heavy (non-hydrogen) atoms. The van der Waals surface area contributed by atoms with Gasteiger partial charge in [-0.1, -0.05) is 19.9 Å². The van der Waals surface area contributed by atoms with E-state index in [4.69, 9.17) is 13.9 Å². The minimum absolute atomic E-state index is 0.110. The van der Waals surface area contributed by atoms with Crippen LogP contribution in [0.4, 0.5) is 0 Å². The lowest BCUT2D eigenvalue weighted by Gasteiger charge is -2.11. The van der Waals surface area contributed by atoms with Crippen LogP contribution in [0.1, 0.15) is 41.6 Å². The van der Waals surface area contributed by atoms with Crippen molar-refractivity contribution < 1.29 is 13.6 Å². The number of carbonyl (C=O) groups is 1. The van der Waals surface area contributed by atoms with E-state index in [1.54, 1.807) is 24.9 Å². The lowest BCUT2D eigenvalue weighted by atomic mass is 10.1. The Hall–Kier alpha value is -3.33. The molecule has 4 rings (SSSR count). The van der Waals surface area contributed by atoms with E-state index in [1.165, 1.54) is 0 Å². The van der Waals surface area contributed by atoms with E-state index in [9.17, 15) is 4.79 Å². The van der Waals surface area contributed by atoms with Crippen molar-refractivity contribution in [2.45, 2.75) is 32.9 Å². The van der Waals surface area contributed by atoms with Crippen molar-refractivity contribution in [1.82, 2.24) is 25.3 Å². The molecule has 0 radical (unpaired) electrons. The zero-order valence-corrected chi connectivity index (χ0v) is 19.8. The van der Waals surface area contributed by atoms with Gasteiger partial charge in [-0.2, -0.15) is 16.9 Å². The summed E-state index contributed by atoms with van der Waals surface area (Å²) in [6.45, 7) is 6.64. The minimum Gasteiger partial charge on any atom is -0.468 e. The molecule has 0 saturated carbocycles. The highest BCUT2D eigenvalue weighted by Crippen LogP contribution is 2.23. The number of aryl methyl sites for hydroxylation is 1. The first-order valence-electron chi connectivity index (χ1n) is 10.9. The first-order valence-corrected chi connectivity index (χ1v) is 12.0. The molecule has 1 amide bonds. The van der Waals surface area contributed by atoms with Crippen LogP contribution in [-0.2, 0) is 12.2 Å². The number of carbonyl (C=O) groups excluding carboxylic acids is 1. The minimum atomic E-state index is -0.110. The predicted octanol–water partition coefficient (Wildman–Crippen LogP) is 4.69. The van der Waals surface area contributed by atoms with Crippen LogP contribution in [-0.4, -0.2) is 38.2 Å². The molecule has 0 aliphatic heterocycles. The fraction of sp³-hybridized carbons (Fsp3) is 0.333. The lowest BCUT2D eigenvalue weighted by Crippen LogP contribution is -2.25. The van der Waals surface area contributed by atoms with Gasteiger partial charge in [0, 0.05) is 30.5 Å². The third kappa shape index (κ3) is 5.92. The number of hydrogen-bond donors (Lipinski definition) is 1. The maximum absolute atomic E-state index is 12.7. The first-order chi connectivity index (χ1) is 16.0. The van der Waals surface area contributed by atoms with Gasteiger partial charge in [-0.15, -0.1) is 10.2 Å². The number of aromatic nitrogens is 4. The van der Waals surface area contributed by atoms with Gasteiger partial charge in [-0.3, -0.25) is 4.79 Å². The highest BCUT2D eigenvalue weighted by molar-refractivity contribution is 7.98. The Morgan fingerprint density at radius 1 is 1.18 bits per heavy atom. The molecule has 0 atom stereocenters. The van der Waals surface area contributed by atoms with Crippen molar-refractivity contribution in [1.29, 1.82) is 0 Å². The van der Waals surface area contributed by atoms with Gasteiger partial charge in [-0.25, -0.2) is 4.68 Å². The molecule has 0 fully saturated rings. The normalized spacial score (nSPS) is 11.3. The van der Waals surface area contributed by atoms with E-state index < -0.39 is 0 Å². The summed E-state index contributed by atoms with van der Waals surface area (Å²) >= 11 is 1.72. The number of benzene rings is 1. The fourth-order valence-electron chi connectivity index (χ4n) is 3.40. The molecule has 0 aliphatic rings. The van der Waals surface area contributed by atoms with Crippen LogP contribution < -0.4 is 5.32 Å². The summed E-state index contributed by atoms with van der Waals surface area (Å²) in [6, 6.07) is 13.3. The summed E-state index contributed by atoms with van der Waals surface area (Å²) < 4.78 is 12.7. The second-order valence-electron chi connectivity index (χ2n) is 8.10. The average Bonchev–Trinajstić information content (AvgIpc) is 3.54. The van der Waals surface area contributed by atoms with Gasteiger partial charge in [0.25, 0.3) is 11.8 Å². The van der Waals surface area contributed by atoms with Crippen molar-refractivity contribution in [3.05, 3.63) is 71.6 Å². The number of amides is 1. The van der Waals surface area contributed by atoms with E-state index in [-0.39, 0.29) is 5.91 Å². The Morgan fingerprint density at radius 3 is 2.79 bits per heavy atom. The number of hydrogen-bond acceptors (Lipinski definition) is 7. The molecule has 1 N–H and O–H groups in total. The molecule has 8 nitrogen and oxygen atoms in total. The van der Waals surface area contributed by atoms with Crippen molar-refractivity contribution in [2.24, 2.45) is 5.92 Å². The lowest BCUT2D eigenvalue weighted by molar-refractivity contribution is 0.0956. The molecule has 0 saturated heterocycles. The van der Waals surface area contributed by atoms with E-state index in [0.717, 1.165) is 35.1 Å². The van der Waals surface area contributed by atoms with Crippen LogP contribution in [0.25, 0.3) is 17.3 Å². The van der Waals surface area contributed by atoms with Crippen LogP contribution in [0.15, 0.2) is 57.6 Å². The van der Waals surface area contributed by atoms with Crippen LogP contribution in [0, 0.1) is 12.8 Å². The van der Waals surface area contributed by atoms with E-state index >= 15 is 0 Å². The van der Waals surface area contributed by atoms with Gasteiger partial charge in [0.15, 0.2) is 0 Å². The SMILES string of the molecule is Cc1nnc(-c2cc(CC(C)C)n(-c3cccc(C(=O)NCCSCc4ccco4)c3)n2)o1. The molecule has 9 heteroatoms. The number of nitrogens with one attached hydrogen (secondary N) is 1. The zero-order valence-electron chi connectivity index (χ0n) is 18.9. The highest BCUT2D eigenvalue weighted by atomic mass is 32.2. The summed E-state index contributed by atoms with van der Waals surface area (Å²) in [5, 5.41) is 15.7. The Balaban J connectivity index is 1.45. The third-order valence-electron chi connectivity index (χ3n) is 4.85. The second-order valence-corrected chi connectivity index (χ2v) is 9.20. The smallest absolute Gasteiger partial charge is 0.268 e. The summed E-state index contributed by atoms with van der Waals surface area (Å²) in [4.78, 5) is 12.7. The van der Waals surface area contributed by atoms with E-state index in [0.29, 0.717) is 35.5 Å². The average molecular weight is 466 g/mol. The maximum atomic E-state index is 12.7. The Bertz CT molecular complexity index is 1200. The van der Waals surface area contributed by atoms with Gasteiger partial charge in [0.2, 0.25) is 5.89 Å². The summed E-state index contributed by atoms with van der Waals surface area (Å²) in [6.07, 6.45) is 2.49. The van der Waals surface area contributed by atoms with Gasteiger partial charge < -0.3 is 14.2 Å². The molecule has 0 spiro atoms. The molecular weight excluding hydrogens is 438 g/mol. The summed E-state index contributed by atoms with van der Waals surface area (Å²) in [7, 11) is 0. The van der Waals surface area contributed by atoms with Crippen molar-refractivity contribution in [3.63, 3.8) is 0 Å². The predicted molar refractivity (Wildman–Crippen MR) is 127 cm³/mol. The fourth-order valence-corrected chi connectivity index (χ4v) is 4.15. The number of rotatable bonds is 10. The third-order valence-corrected chi connectivity index (χ3v) is 5.84. The molecule has 172 valence electrons. The Morgan fingerprint density at radius 2 is 2.06 bits per heavy atom. The van der Waals surface area contributed by atoms with Crippen LogP contribution in [0.5, 0.6) is 0 Å². The van der Waals surface area contributed by atoms with Crippen molar-refractivity contribution in [2.75, 3.05) is 12.3 Å². The van der Waals surface area contributed by atoms with Gasteiger partial charge in [-0.05, 0) is 48.7 Å². The number of nitrogens with zero attached hydrogens (tertiary/aromatic N) is 4. The van der Waals surface area contributed by atoms with Crippen molar-refractivity contribution in [3.8, 4) is 17.3 Å². The standard InChI is InChI=1S/C24H27N5O3S/c1-16(2)12-20-14-22(24-27-26-17(3)32-24)28-29(20)19-7-4-6-18(13-19)23(30)25-9-11-33-15-21-8-5-10-31-21/h4-8,10,13-14,16H,9,11-12,15H2,1-3H3,(H,25,30). The summed E-state index contributed by atoms with van der Waals surface area (Å²) in [5.41, 5.74) is 3.04. The first kappa shape index (κ1) is 22.8. The molecule has 0 unspecified atom stereocenters. The van der Waals surface area contributed by atoms with E-state index in [1.807, 2.05) is 47.1 Å². The monoisotopic (exact) mass is 465 g/mol. The maximum Gasteiger partial charge on any atom is 0.268 e. The van der Waals surface area contributed by atoms with E-state index in [2.05, 4.69) is 29.4 Å². The second kappa shape index (κ2) is 10.5. The van der Waals surface area contributed by atoms with Gasteiger partial charge >= 0.3 is 0 Å². The van der Waals surface area contributed by atoms with Crippen LogP contribution in [0.2, 0.25) is 0 Å². The summed E-state index contributed by atoms with van der Waals surface area (Å²) in [5.74, 6) is 3.73. The van der Waals surface area contributed by atoms with Crippen LogP contribution in [0.3, 0.4) is 0 Å². The molecule has 4 aromatic rings. The topological polar surface area (TPSA) is 99.0 Å². The number of furan rings is 1. The Kier molecular flexibility index (Phi) is 7.29. The van der Waals surface area contributed by atoms with Gasteiger partial charge in [0.05, 0.1) is 17.7 Å². The van der Waals surface area contributed by atoms with Crippen LogP contribution >= 0.6 is 11.8 Å². The zero-order chi connectivity index (χ0) is 23.2. The highest BCUT2D eigenvalue weighted by Gasteiger charge is 2.17. The largest absolute Gasteiger partial charge is 0.468 e.